The van der Waals surface area contributed by atoms with Gasteiger partial charge in [-0.3, -0.25) is 19.3 Å². The lowest BCUT2D eigenvalue weighted by atomic mass is 9.57. The quantitative estimate of drug-likeness (QED) is 0.364. The molecule has 0 radical (unpaired) electrons. The van der Waals surface area contributed by atoms with E-state index in [9.17, 15) is 40.1 Å². The van der Waals surface area contributed by atoms with E-state index in [1.807, 2.05) is 6.07 Å². The lowest BCUT2D eigenvalue weighted by molar-refractivity contribution is -0.153. The minimum Gasteiger partial charge on any atom is -0.508 e. The van der Waals surface area contributed by atoms with E-state index >= 15 is 0 Å². The van der Waals surface area contributed by atoms with Gasteiger partial charge in [0.2, 0.25) is 5.78 Å². The Bertz CT molecular complexity index is 1300. The Morgan fingerprint density at radius 1 is 1.20 bits per heavy atom. The van der Waals surface area contributed by atoms with Crippen molar-refractivity contribution >= 4 is 28.9 Å². The van der Waals surface area contributed by atoms with Crippen molar-refractivity contribution in [3.8, 4) is 11.8 Å². The first-order valence-electron chi connectivity index (χ1n) is 10.9. The SMILES string of the molecule is CN(C)c1cc(C#N)c(O)c2c1C[C@H]1C[C@H]3[C@@H](N(C)C)C(=O)C(C(N)=O)=C(O)[C@@]3(O)C(=O)C1=C2O. The highest BCUT2D eigenvalue weighted by molar-refractivity contribution is 6.24. The number of hydrogen-bond donors (Lipinski definition) is 5. The third kappa shape index (κ3) is 3.07. The predicted octanol–water partition coefficient (Wildman–Crippen LogP) is -0.0983. The number of rotatable bonds is 3. The molecular formula is C24H26N4O7. The summed E-state index contributed by atoms with van der Waals surface area (Å²) in [5, 5.41) is 53.8. The first-order valence-corrected chi connectivity index (χ1v) is 10.9. The van der Waals surface area contributed by atoms with E-state index in [4.69, 9.17) is 5.73 Å². The fourth-order valence-electron chi connectivity index (χ4n) is 5.78. The molecule has 0 bridgehead atoms. The molecule has 0 aromatic heterocycles. The van der Waals surface area contributed by atoms with Crippen LogP contribution in [0.4, 0.5) is 5.69 Å². The number of phenolic OH excluding ortho intramolecular Hbond substituents is 1. The molecule has 6 N–H and O–H groups in total. The second-order valence-corrected chi connectivity index (χ2v) is 9.61. The largest absolute Gasteiger partial charge is 0.508 e. The molecule has 184 valence electrons. The Balaban J connectivity index is 2.03. The average Bonchev–Trinajstić information content (AvgIpc) is 2.75. The molecule has 3 aliphatic carbocycles. The van der Waals surface area contributed by atoms with Gasteiger partial charge in [0, 0.05) is 31.3 Å². The second kappa shape index (κ2) is 7.83. The van der Waals surface area contributed by atoms with Crippen molar-refractivity contribution < 1.29 is 34.8 Å². The Kier molecular flexibility index (Phi) is 5.42. The molecule has 0 spiro atoms. The van der Waals surface area contributed by atoms with Crippen LogP contribution in [0.25, 0.3) is 5.76 Å². The maximum atomic E-state index is 13.8. The van der Waals surface area contributed by atoms with Crippen LogP contribution >= 0.6 is 0 Å². The maximum absolute atomic E-state index is 13.8. The number of nitriles is 1. The number of carbonyl (C=O) groups excluding carboxylic acids is 3. The van der Waals surface area contributed by atoms with Crippen molar-refractivity contribution in [3.63, 3.8) is 0 Å². The van der Waals surface area contributed by atoms with Gasteiger partial charge in [0.1, 0.15) is 28.9 Å². The number of amides is 1. The van der Waals surface area contributed by atoms with Gasteiger partial charge in [-0.05, 0) is 44.5 Å². The van der Waals surface area contributed by atoms with Crippen LogP contribution in [0, 0.1) is 23.2 Å². The number of nitrogens with zero attached hydrogens (tertiary/aromatic N) is 3. The number of aliphatic hydroxyl groups is 3. The molecule has 35 heavy (non-hydrogen) atoms. The van der Waals surface area contributed by atoms with E-state index in [0.29, 0.717) is 11.3 Å². The zero-order chi connectivity index (χ0) is 26.1. The molecule has 0 unspecified atom stereocenters. The van der Waals surface area contributed by atoms with E-state index in [-0.39, 0.29) is 29.5 Å². The van der Waals surface area contributed by atoms with Crippen LogP contribution < -0.4 is 10.6 Å². The molecule has 11 heteroatoms. The fraction of sp³-hybridized carbons (Fsp3) is 0.417. The molecule has 1 fully saturated rings. The number of aromatic hydroxyl groups is 1. The van der Waals surface area contributed by atoms with Crippen molar-refractivity contribution in [2.45, 2.75) is 24.5 Å². The highest BCUT2D eigenvalue weighted by Gasteiger charge is 2.64. The number of phenols is 1. The number of anilines is 1. The van der Waals surface area contributed by atoms with Crippen LogP contribution in [-0.2, 0) is 20.8 Å². The molecule has 1 amide bonds. The number of carbonyl (C=O) groups is 3. The predicted molar refractivity (Wildman–Crippen MR) is 123 cm³/mol. The van der Waals surface area contributed by atoms with Gasteiger partial charge in [0.25, 0.3) is 5.91 Å². The summed E-state index contributed by atoms with van der Waals surface area (Å²) in [7, 11) is 6.54. The molecule has 0 aliphatic heterocycles. The Morgan fingerprint density at radius 3 is 2.34 bits per heavy atom. The zero-order valence-electron chi connectivity index (χ0n) is 19.7. The molecule has 1 aromatic carbocycles. The summed E-state index contributed by atoms with van der Waals surface area (Å²) in [5.74, 6) is -7.29. The topological polar surface area (TPSA) is 188 Å². The van der Waals surface area contributed by atoms with Gasteiger partial charge in [-0.2, -0.15) is 5.26 Å². The van der Waals surface area contributed by atoms with Gasteiger partial charge < -0.3 is 31.1 Å². The van der Waals surface area contributed by atoms with Crippen LogP contribution in [0.15, 0.2) is 23.0 Å². The summed E-state index contributed by atoms with van der Waals surface area (Å²) < 4.78 is 0. The minimum atomic E-state index is -2.70. The lowest BCUT2D eigenvalue weighted by Gasteiger charge is -2.50. The molecule has 4 atom stereocenters. The van der Waals surface area contributed by atoms with Crippen molar-refractivity contribution in [1.29, 1.82) is 5.26 Å². The molecule has 1 saturated carbocycles. The standard InChI is InChI=1S/C24H26N4O7/c1-27(2)13-7-10(8-25)18(29)15-11(13)5-9-6-12-17(28(3)4)20(31)16(23(26)34)22(33)24(12,35)21(32)14(9)19(15)30/h7,9,12,17,29-30,33,35H,5-6H2,1-4H3,(H2,26,34)/t9-,12-,17+,24-/m0/s1. The van der Waals surface area contributed by atoms with Crippen LogP contribution in [0.5, 0.6) is 5.75 Å². The third-order valence-corrected chi connectivity index (χ3v) is 7.30. The highest BCUT2D eigenvalue weighted by atomic mass is 16.3. The van der Waals surface area contributed by atoms with E-state index in [1.54, 1.807) is 33.1 Å². The number of benzene rings is 1. The Labute approximate surface area is 201 Å². The van der Waals surface area contributed by atoms with Crippen LogP contribution in [0.3, 0.4) is 0 Å². The van der Waals surface area contributed by atoms with Crippen molar-refractivity contribution in [1.82, 2.24) is 4.90 Å². The molecule has 11 nitrogen and oxygen atoms in total. The normalized spacial score (nSPS) is 27.9. The van der Waals surface area contributed by atoms with Crippen molar-refractivity contribution in [2.75, 3.05) is 33.1 Å². The summed E-state index contributed by atoms with van der Waals surface area (Å²) in [6, 6.07) is 2.20. The van der Waals surface area contributed by atoms with Gasteiger partial charge in [0.15, 0.2) is 11.4 Å². The van der Waals surface area contributed by atoms with E-state index in [0.717, 1.165) is 0 Å². The highest BCUT2D eigenvalue weighted by Crippen LogP contribution is 2.54. The summed E-state index contributed by atoms with van der Waals surface area (Å²) in [6.07, 6.45) is 0.153. The zero-order valence-corrected chi connectivity index (χ0v) is 19.7. The van der Waals surface area contributed by atoms with E-state index in [1.165, 1.54) is 11.0 Å². The number of primary amides is 1. The number of likely N-dealkylation sites (N-methyl/N-ethyl adjacent to an activating group) is 1. The molecule has 1 aromatic rings. The Morgan fingerprint density at radius 2 is 1.83 bits per heavy atom. The molecule has 0 heterocycles. The van der Waals surface area contributed by atoms with E-state index < -0.39 is 63.8 Å². The minimum absolute atomic E-state index is 0.000601. The fourth-order valence-corrected chi connectivity index (χ4v) is 5.78. The third-order valence-electron chi connectivity index (χ3n) is 7.30. The van der Waals surface area contributed by atoms with Crippen molar-refractivity contribution in [2.24, 2.45) is 17.6 Å². The number of fused-ring (bicyclic) bond motifs is 3. The van der Waals surface area contributed by atoms with Gasteiger partial charge in [-0.15, -0.1) is 0 Å². The molecule has 0 saturated heterocycles. The van der Waals surface area contributed by atoms with Gasteiger partial charge in [0.05, 0.1) is 17.2 Å². The maximum Gasteiger partial charge on any atom is 0.255 e. The number of ketones is 2. The van der Waals surface area contributed by atoms with Crippen LogP contribution in [-0.4, -0.2) is 82.6 Å². The summed E-state index contributed by atoms with van der Waals surface area (Å²) in [6.45, 7) is 0. The second-order valence-electron chi connectivity index (χ2n) is 9.61. The summed E-state index contributed by atoms with van der Waals surface area (Å²) in [4.78, 5) is 42.0. The van der Waals surface area contributed by atoms with Gasteiger partial charge >= 0.3 is 0 Å². The lowest BCUT2D eigenvalue weighted by Crippen LogP contribution is -2.65. The number of aliphatic hydroxyl groups excluding tert-OH is 2. The Hall–Kier alpha value is -3.88. The average molecular weight is 482 g/mol. The number of hydrogen-bond acceptors (Lipinski definition) is 10. The smallest absolute Gasteiger partial charge is 0.255 e. The molecule has 4 rings (SSSR count). The first kappa shape index (κ1) is 24.3. The summed E-state index contributed by atoms with van der Waals surface area (Å²) in [5.41, 5.74) is 2.31. The molecular weight excluding hydrogens is 456 g/mol. The van der Waals surface area contributed by atoms with Crippen LogP contribution in [0.2, 0.25) is 0 Å². The number of Topliss-reactive ketones (excluding diaryl/α,β-unsaturated/α-hetero) is 2. The number of nitrogens with two attached hydrogens (primary N) is 1. The summed E-state index contributed by atoms with van der Waals surface area (Å²) >= 11 is 0. The monoisotopic (exact) mass is 482 g/mol. The van der Waals surface area contributed by atoms with E-state index in [2.05, 4.69) is 0 Å². The van der Waals surface area contributed by atoms with Crippen molar-refractivity contribution in [3.05, 3.63) is 39.7 Å². The van der Waals surface area contributed by atoms with Crippen LogP contribution in [0.1, 0.15) is 23.1 Å². The molecule has 3 aliphatic rings. The van der Waals surface area contributed by atoms with Gasteiger partial charge in [-0.1, -0.05) is 0 Å². The van der Waals surface area contributed by atoms with Gasteiger partial charge in [-0.25, -0.2) is 0 Å². The first-order chi connectivity index (χ1) is 16.3.